The number of ether oxygens (including phenoxy) is 1. The summed E-state index contributed by atoms with van der Waals surface area (Å²) < 4.78 is 32.1. The molecule has 0 saturated carbocycles. The topological polar surface area (TPSA) is 67.4 Å². The third-order valence-electron chi connectivity index (χ3n) is 2.62. The standard InChI is InChI=1S/C12H18N2O3S/c1-9(2)8-14-18(15,16)10-3-4-12-11(7-10)13-5-6-17-12/h3-4,7,9,13-14H,5-6,8H2,1-2H3. The van der Waals surface area contributed by atoms with E-state index in [2.05, 4.69) is 10.0 Å². The van der Waals surface area contributed by atoms with Gasteiger partial charge in [-0.05, 0) is 24.1 Å². The van der Waals surface area contributed by atoms with E-state index in [0.29, 0.717) is 25.4 Å². The van der Waals surface area contributed by atoms with Crippen molar-refractivity contribution < 1.29 is 13.2 Å². The molecule has 1 heterocycles. The zero-order valence-electron chi connectivity index (χ0n) is 10.6. The van der Waals surface area contributed by atoms with Crippen LogP contribution >= 0.6 is 0 Å². The first-order valence-electron chi connectivity index (χ1n) is 5.99. The summed E-state index contributed by atoms with van der Waals surface area (Å²) >= 11 is 0. The van der Waals surface area contributed by atoms with E-state index in [9.17, 15) is 8.42 Å². The fraction of sp³-hybridized carbons (Fsp3) is 0.500. The second-order valence-electron chi connectivity index (χ2n) is 4.68. The molecule has 1 aromatic rings. The molecule has 2 N–H and O–H groups in total. The highest BCUT2D eigenvalue weighted by atomic mass is 32.2. The Morgan fingerprint density at radius 3 is 2.94 bits per heavy atom. The molecule has 0 fully saturated rings. The quantitative estimate of drug-likeness (QED) is 0.868. The van der Waals surface area contributed by atoms with E-state index in [1.807, 2.05) is 13.8 Å². The second kappa shape index (κ2) is 5.16. The number of fused-ring (bicyclic) bond motifs is 1. The maximum atomic E-state index is 12.0. The van der Waals surface area contributed by atoms with Crippen LogP contribution in [0.1, 0.15) is 13.8 Å². The third-order valence-corrected chi connectivity index (χ3v) is 4.04. The summed E-state index contributed by atoms with van der Waals surface area (Å²) in [5.74, 6) is 0.975. The Kier molecular flexibility index (Phi) is 3.77. The van der Waals surface area contributed by atoms with Gasteiger partial charge in [0.1, 0.15) is 12.4 Å². The minimum Gasteiger partial charge on any atom is -0.490 e. The van der Waals surface area contributed by atoms with Crippen LogP contribution in [0.2, 0.25) is 0 Å². The van der Waals surface area contributed by atoms with E-state index < -0.39 is 10.0 Å². The fourth-order valence-electron chi connectivity index (χ4n) is 1.65. The molecule has 0 unspecified atom stereocenters. The highest BCUT2D eigenvalue weighted by Gasteiger charge is 2.18. The summed E-state index contributed by atoms with van der Waals surface area (Å²) in [7, 11) is -3.43. The molecule has 0 aromatic heterocycles. The lowest BCUT2D eigenvalue weighted by Gasteiger charge is -2.19. The lowest BCUT2D eigenvalue weighted by molar-refractivity contribution is 0.323. The van der Waals surface area contributed by atoms with Gasteiger partial charge in [-0.15, -0.1) is 0 Å². The van der Waals surface area contributed by atoms with Gasteiger partial charge < -0.3 is 10.1 Å². The Bertz CT molecular complexity index is 526. The van der Waals surface area contributed by atoms with Crippen molar-refractivity contribution in [3.63, 3.8) is 0 Å². The predicted molar refractivity (Wildman–Crippen MR) is 70.5 cm³/mol. The van der Waals surface area contributed by atoms with Gasteiger partial charge in [0.25, 0.3) is 0 Å². The zero-order valence-corrected chi connectivity index (χ0v) is 11.4. The van der Waals surface area contributed by atoms with Crippen molar-refractivity contribution in [1.82, 2.24) is 4.72 Å². The van der Waals surface area contributed by atoms with E-state index in [0.717, 1.165) is 5.69 Å². The summed E-state index contributed by atoms with van der Waals surface area (Å²) in [4.78, 5) is 0.264. The average molecular weight is 270 g/mol. The summed E-state index contributed by atoms with van der Waals surface area (Å²) in [6.07, 6.45) is 0. The predicted octanol–water partition coefficient (Wildman–Crippen LogP) is 1.43. The van der Waals surface area contributed by atoms with E-state index in [1.165, 1.54) is 0 Å². The minimum atomic E-state index is -3.43. The number of benzene rings is 1. The van der Waals surface area contributed by atoms with Crippen molar-refractivity contribution in [3.8, 4) is 5.75 Å². The lowest BCUT2D eigenvalue weighted by Crippen LogP contribution is -2.28. The monoisotopic (exact) mass is 270 g/mol. The van der Waals surface area contributed by atoms with Crippen molar-refractivity contribution in [2.24, 2.45) is 5.92 Å². The molecule has 100 valence electrons. The van der Waals surface area contributed by atoms with Crippen LogP contribution in [0.5, 0.6) is 5.75 Å². The maximum Gasteiger partial charge on any atom is 0.240 e. The number of rotatable bonds is 4. The minimum absolute atomic E-state index is 0.264. The molecule has 0 saturated heterocycles. The fourth-order valence-corrected chi connectivity index (χ4v) is 2.89. The van der Waals surface area contributed by atoms with Crippen molar-refractivity contribution >= 4 is 15.7 Å². The number of sulfonamides is 1. The van der Waals surface area contributed by atoms with Gasteiger partial charge in [0, 0.05) is 13.1 Å². The molecule has 0 spiro atoms. The van der Waals surface area contributed by atoms with Gasteiger partial charge in [0.05, 0.1) is 10.6 Å². The Morgan fingerprint density at radius 1 is 1.44 bits per heavy atom. The molecule has 18 heavy (non-hydrogen) atoms. The second-order valence-corrected chi connectivity index (χ2v) is 6.45. The van der Waals surface area contributed by atoms with Gasteiger partial charge in [0.2, 0.25) is 10.0 Å². The lowest BCUT2D eigenvalue weighted by atomic mass is 10.2. The van der Waals surface area contributed by atoms with Crippen LogP contribution in [-0.2, 0) is 10.0 Å². The number of hydrogen-bond donors (Lipinski definition) is 2. The largest absolute Gasteiger partial charge is 0.490 e. The first-order valence-corrected chi connectivity index (χ1v) is 7.48. The summed E-state index contributed by atoms with van der Waals surface area (Å²) in [6, 6.07) is 4.86. The van der Waals surface area contributed by atoms with Gasteiger partial charge >= 0.3 is 0 Å². The molecule has 6 heteroatoms. The van der Waals surface area contributed by atoms with Crippen molar-refractivity contribution in [2.75, 3.05) is 25.0 Å². The molecular formula is C12H18N2O3S. The molecule has 1 aromatic carbocycles. The van der Waals surface area contributed by atoms with Crippen LogP contribution in [0.3, 0.4) is 0 Å². The van der Waals surface area contributed by atoms with Gasteiger partial charge in [0.15, 0.2) is 0 Å². The Balaban J connectivity index is 2.22. The van der Waals surface area contributed by atoms with Crippen LogP contribution in [0.25, 0.3) is 0 Å². The van der Waals surface area contributed by atoms with E-state index in [4.69, 9.17) is 4.74 Å². The van der Waals surface area contributed by atoms with Crippen LogP contribution in [0, 0.1) is 5.92 Å². The highest BCUT2D eigenvalue weighted by molar-refractivity contribution is 7.89. The Morgan fingerprint density at radius 2 is 2.22 bits per heavy atom. The highest BCUT2D eigenvalue weighted by Crippen LogP contribution is 2.29. The van der Waals surface area contributed by atoms with Crippen molar-refractivity contribution in [1.29, 1.82) is 0 Å². The van der Waals surface area contributed by atoms with E-state index in [-0.39, 0.29) is 10.8 Å². The van der Waals surface area contributed by atoms with Crippen LogP contribution in [0.4, 0.5) is 5.69 Å². The molecule has 0 aliphatic carbocycles. The smallest absolute Gasteiger partial charge is 0.240 e. The maximum absolute atomic E-state index is 12.0. The van der Waals surface area contributed by atoms with Crippen LogP contribution < -0.4 is 14.8 Å². The molecule has 1 aliphatic rings. The normalized spacial score (nSPS) is 14.8. The van der Waals surface area contributed by atoms with Gasteiger partial charge in [-0.25, -0.2) is 13.1 Å². The van der Waals surface area contributed by atoms with E-state index in [1.54, 1.807) is 18.2 Å². The molecular weight excluding hydrogens is 252 g/mol. The SMILES string of the molecule is CC(C)CNS(=O)(=O)c1ccc2c(c1)NCCO2. The van der Waals surface area contributed by atoms with Crippen molar-refractivity contribution in [3.05, 3.63) is 18.2 Å². The van der Waals surface area contributed by atoms with Crippen LogP contribution in [0.15, 0.2) is 23.1 Å². The van der Waals surface area contributed by atoms with E-state index >= 15 is 0 Å². The van der Waals surface area contributed by atoms with Gasteiger partial charge in [-0.3, -0.25) is 0 Å². The first-order chi connectivity index (χ1) is 8.49. The van der Waals surface area contributed by atoms with Gasteiger partial charge in [-0.2, -0.15) is 0 Å². The molecule has 0 atom stereocenters. The Hall–Kier alpha value is -1.27. The number of hydrogen-bond acceptors (Lipinski definition) is 4. The molecule has 2 rings (SSSR count). The van der Waals surface area contributed by atoms with Gasteiger partial charge in [-0.1, -0.05) is 13.8 Å². The van der Waals surface area contributed by atoms with Crippen LogP contribution in [-0.4, -0.2) is 28.1 Å². The summed E-state index contributed by atoms with van der Waals surface area (Å²) in [5, 5.41) is 3.12. The average Bonchev–Trinajstić information content (AvgIpc) is 2.36. The molecule has 0 bridgehead atoms. The molecule has 0 amide bonds. The molecule has 1 aliphatic heterocycles. The molecule has 0 radical (unpaired) electrons. The summed E-state index contributed by atoms with van der Waals surface area (Å²) in [5.41, 5.74) is 0.730. The third kappa shape index (κ3) is 2.94. The summed E-state index contributed by atoms with van der Waals surface area (Å²) in [6.45, 7) is 5.65. The zero-order chi connectivity index (χ0) is 13.2. The number of nitrogens with one attached hydrogen (secondary N) is 2. The Labute approximate surface area is 108 Å². The van der Waals surface area contributed by atoms with Crippen molar-refractivity contribution in [2.45, 2.75) is 18.7 Å². The first kappa shape index (κ1) is 13.2. The number of anilines is 1. The molecule has 5 nitrogen and oxygen atoms in total.